The predicted molar refractivity (Wildman–Crippen MR) is 104 cm³/mol. The number of hydrogen-bond acceptors (Lipinski definition) is 2. The molecule has 0 radical (unpaired) electrons. The van der Waals surface area contributed by atoms with Crippen LogP contribution in [0.15, 0.2) is 48.5 Å². The summed E-state index contributed by atoms with van der Waals surface area (Å²) < 4.78 is 12.9. The molecule has 0 aliphatic heterocycles. The van der Waals surface area contributed by atoms with E-state index in [9.17, 15) is 9.18 Å². The largest absolute Gasteiger partial charge is 0.349 e. The van der Waals surface area contributed by atoms with E-state index in [1.165, 1.54) is 29.5 Å². The van der Waals surface area contributed by atoms with Gasteiger partial charge in [-0.05, 0) is 41.2 Å². The molecule has 0 heterocycles. The molecule has 0 saturated carbocycles. The van der Waals surface area contributed by atoms with Gasteiger partial charge in [0.15, 0.2) is 0 Å². The number of nitrogens with one attached hydrogen (secondary N) is 1. The lowest BCUT2D eigenvalue weighted by Crippen LogP contribution is -2.28. The number of rotatable bonds is 6. The van der Waals surface area contributed by atoms with Crippen LogP contribution >= 0.6 is 11.8 Å². The fourth-order valence-corrected chi connectivity index (χ4v) is 3.28. The summed E-state index contributed by atoms with van der Waals surface area (Å²) in [5.74, 6) is 0.863. The zero-order chi connectivity index (χ0) is 18.4. The average Bonchev–Trinajstić information content (AvgIpc) is 2.56. The van der Waals surface area contributed by atoms with Gasteiger partial charge in [0.25, 0.3) is 0 Å². The molecule has 0 spiro atoms. The Morgan fingerprint density at radius 2 is 1.68 bits per heavy atom. The minimum Gasteiger partial charge on any atom is -0.349 e. The van der Waals surface area contributed by atoms with Crippen LogP contribution in [-0.2, 0) is 16.0 Å². The molecule has 1 amide bonds. The molecule has 0 unspecified atom stereocenters. The Kier molecular flexibility index (Phi) is 6.65. The molecule has 0 aliphatic carbocycles. The van der Waals surface area contributed by atoms with Gasteiger partial charge in [-0.15, -0.1) is 11.8 Å². The second-order valence-electron chi connectivity index (χ2n) is 7.28. The lowest BCUT2D eigenvalue weighted by molar-refractivity contribution is -0.119. The van der Waals surface area contributed by atoms with E-state index in [-0.39, 0.29) is 23.2 Å². The number of amides is 1. The average molecular weight is 360 g/mol. The van der Waals surface area contributed by atoms with Gasteiger partial charge in [-0.1, -0.05) is 57.2 Å². The Morgan fingerprint density at radius 3 is 2.24 bits per heavy atom. The maximum absolute atomic E-state index is 12.9. The third-order valence-corrected chi connectivity index (χ3v) is 5.07. The molecule has 0 aromatic heterocycles. The third-order valence-electron chi connectivity index (χ3n) is 4.07. The summed E-state index contributed by atoms with van der Waals surface area (Å²) in [5.41, 5.74) is 3.53. The molecule has 2 nitrogen and oxygen atoms in total. The van der Waals surface area contributed by atoms with Gasteiger partial charge in [0, 0.05) is 5.75 Å². The van der Waals surface area contributed by atoms with Crippen LogP contribution in [0.25, 0.3) is 0 Å². The highest BCUT2D eigenvalue weighted by Gasteiger charge is 2.15. The SMILES string of the molecule is C[C@@H](NC(=O)CSCc1ccc(F)cc1)c1ccc(C(C)(C)C)cc1. The van der Waals surface area contributed by atoms with Crippen molar-refractivity contribution in [2.24, 2.45) is 0 Å². The van der Waals surface area contributed by atoms with Gasteiger partial charge in [-0.3, -0.25) is 4.79 Å². The van der Waals surface area contributed by atoms with Crippen molar-refractivity contribution >= 4 is 17.7 Å². The highest BCUT2D eigenvalue weighted by Crippen LogP contribution is 2.24. The minimum absolute atomic E-state index is 0.0134. The topological polar surface area (TPSA) is 29.1 Å². The van der Waals surface area contributed by atoms with Gasteiger partial charge in [0.1, 0.15) is 5.82 Å². The maximum atomic E-state index is 12.9. The monoisotopic (exact) mass is 359 g/mol. The number of carbonyl (C=O) groups excluding carboxylic acids is 1. The van der Waals surface area contributed by atoms with Crippen molar-refractivity contribution in [1.29, 1.82) is 0 Å². The zero-order valence-electron chi connectivity index (χ0n) is 15.3. The molecule has 0 aliphatic rings. The van der Waals surface area contributed by atoms with Crippen LogP contribution in [-0.4, -0.2) is 11.7 Å². The predicted octanol–water partition coefficient (Wildman–Crippen LogP) is 5.23. The minimum atomic E-state index is -0.238. The van der Waals surface area contributed by atoms with E-state index in [4.69, 9.17) is 0 Å². The summed E-state index contributed by atoms with van der Waals surface area (Å²) in [6.45, 7) is 8.55. The fourth-order valence-electron chi connectivity index (χ4n) is 2.48. The van der Waals surface area contributed by atoms with Crippen molar-refractivity contribution in [3.63, 3.8) is 0 Å². The van der Waals surface area contributed by atoms with Crippen molar-refractivity contribution in [2.45, 2.75) is 44.9 Å². The Hall–Kier alpha value is -1.81. The van der Waals surface area contributed by atoms with Gasteiger partial charge in [-0.2, -0.15) is 0 Å². The molecule has 1 N–H and O–H groups in total. The van der Waals surface area contributed by atoms with Crippen molar-refractivity contribution in [1.82, 2.24) is 5.32 Å². The quantitative estimate of drug-likeness (QED) is 0.765. The summed E-state index contributed by atoms with van der Waals surface area (Å²) in [4.78, 5) is 12.1. The van der Waals surface area contributed by atoms with Crippen LogP contribution in [0.5, 0.6) is 0 Å². The Balaban J connectivity index is 1.80. The summed E-state index contributed by atoms with van der Waals surface area (Å²) in [7, 11) is 0. The first kappa shape index (κ1) is 19.5. The highest BCUT2D eigenvalue weighted by atomic mass is 32.2. The second-order valence-corrected chi connectivity index (χ2v) is 8.27. The molecule has 2 aromatic rings. The lowest BCUT2D eigenvalue weighted by atomic mass is 9.86. The van der Waals surface area contributed by atoms with Crippen molar-refractivity contribution in [3.05, 3.63) is 71.0 Å². The van der Waals surface area contributed by atoms with Crippen molar-refractivity contribution in [2.75, 3.05) is 5.75 Å². The van der Waals surface area contributed by atoms with E-state index in [0.717, 1.165) is 11.1 Å². The van der Waals surface area contributed by atoms with Crippen LogP contribution in [0.3, 0.4) is 0 Å². The Bertz CT molecular complexity index is 689. The van der Waals surface area contributed by atoms with Crippen LogP contribution in [0.4, 0.5) is 4.39 Å². The zero-order valence-corrected chi connectivity index (χ0v) is 16.1. The molecule has 25 heavy (non-hydrogen) atoms. The molecule has 0 fully saturated rings. The molecule has 2 aromatic carbocycles. The number of halogens is 1. The molecule has 0 saturated heterocycles. The van der Waals surface area contributed by atoms with Gasteiger partial charge < -0.3 is 5.32 Å². The highest BCUT2D eigenvalue weighted by molar-refractivity contribution is 7.99. The Morgan fingerprint density at radius 1 is 1.08 bits per heavy atom. The summed E-state index contributed by atoms with van der Waals surface area (Å²) in [6, 6.07) is 14.8. The summed E-state index contributed by atoms with van der Waals surface area (Å²) in [5, 5.41) is 3.03. The van der Waals surface area contributed by atoms with E-state index >= 15 is 0 Å². The first-order valence-corrected chi connectivity index (χ1v) is 9.63. The van der Waals surface area contributed by atoms with E-state index in [2.05, 4.69) is 50.4 Å². The lowest BCUT2D eigenvalue weighted by Gasteiger charge is -2.20. The molecular formula is C21H26FNOS. The summed E-state index contributed by atoms with van der Waals surface area (Å²) >= 11 is 1.53. The number of benzene rings is 2. The van der Waals surface area contributed by atoms with Crippen molar-refractivity contribution in [3.8, 4) is 0 Å². The maximum Gasteiger partial charge on any atom is 0.230 e. The van der Waals surface area contributed by atoms with Gasteiger partial charge in [-0.25, -0.2) is 4.39 Å². The standard InChI is InChI=1S/C21H26FNOS/c1-15(17-7-9-18(10-8-17)21(2,3)4)23-20(24)14-25-13-16-5-11-19(22)12-6-16/h5-12,15H,13-14H2,1-4H3,(H,23,24)/t15-/m1/s1. The van der Waals surface area contributed by atoms with E-state index < -0.39 is 0 Å². The van der Waals surface area contributed by atoms with E-state index in [1.54, 1.807) is 12.1 Å². The molecule has 134 valence electrons. The summed E-state index contributed by atoms with van der Waals surface area (Å²) in [6.07, 6.45) is 0. The van der Waals surface area contributed by atoms with E-state index in [0.29, 0.717) is 11.5 Å². The third kappa shape index (κ3) is 6.20. The van der Waals surface area contributed by atoms with Crippen molar-refractivity contribution < 1.29 is 9.18 Å². The number of thioether (sulfide) groups is 1. The molecule has 0 bridgehead atoms. The Labute approximate surface area is 154 Å². The van der Waals surface area contributed by atoms with Gasteiger partial charge >= 0.3 is 0 Å². The van der Waals surface area contributed by atoms with Gasteiger partial charge in [0.2, 0.25) is 5.91 Å². The first-order valence-electron chi connectivity index (χ1n) is 8.47. The molecular weight excluding hydrogens is 333 g/mol. The molecule has 2 rings (SSSR count). The number of carbonyl (C=O) groups is 1. The molecule has 1 atom stereocenters. The fraction of sp³-hybridized carbons (Fsp3) is 0.381. The molecule has 4 heteroatoms. The van der Waals surface area contributed by atoms with Crippen LogP contribution in [0.2, 0.25) is 0 Å². The second kappa shape index (κ2) is 8.52. The normalized spacial score (nSPS) is 12.7. The van der Waals surface area contributed by atoms with Crippen LogP contribution in [0, 0.1) is 5.82 Å². The van der Waals surface area contributed by atoms with Crippen LogP contribution in [0.1, 0.15) is 50.4 Å². The number of hydrogen-bond donors (Lipinski definition) is 1. The van der Waals surface area contributed by atoms with Gasteiger partial charge in [0.05, 0.1) is 11.8 Å². The smallest absolute Gasteiger partial charge is 0.230 e. The first-order chi connectivity index (χ1) is 11.8. The van der Waals surface area contributed by atoms with E-state index in [1.807, 2.05) is 6.92 Å². The van der Waals surface area contributed by atoms with Crippen LogP contribution < -0.4 is 5.32 Å².